The quantitative estimate of drug-likeness (QED) is 0.871. The third-order valence-corrected chi connectivity index (χ3v) is 3.37. The van der Waals surface area contributed by atoms with Crippen molar-refractivity contribution in [2.45, 2.75) is 19.4 Å². The van der Waals surface area contributed by atoms with Crippen LogP contribution in [-0.4, -0.2) is 28.9 Å². The third-order valence-electron chi connectivity index (χ3n) is 3.37. The summed E-state index contributed by atoms with van der Waals surface area (Å²) in [6.07, 6.45) is -0.0795. The maximum absolute atomic E-state index is 13.8. The van der Waals surface area contributed by atoms with Gasteiger partial charge in [-0.3, -0.25) is 9.59 Å². The number of amides is 1. The van der Waals surface area contributed by atoms with Crippen LogP contribution in [-0.2, 0) is 9.59 Å². The Morgan fingerprint density at radius 1 is 1.50 bits per heavy atom. The van der Waals surface area contributed by atoms with E-state index in [9.17, 15) is 14.0 Å². The molecule has 0 aliphatic carbocycles. The zero-order chi connectivity index (χ0) is 13.4. The molecular formula is C13H14FNO3. The molecule has 1 saturated heterocycles. The largest absolute Gasteiger partial charge is 0.481 e. The predicted molar refractivity (Wildman–Crippen MR) is 62.4 cm³/mol. The second-order valence-electron chi connectivity index (χ2n) is 4.62. The summed E-state index contributed by atoms with van der Waals surface area (Å²) < 4.78 is 13.8. The summed E-state index contributed by atoms with van der Waals surface area (Å²) in [5.41, 5.74) is 1.11. The van der Waals surface area contributed by atoms with Crippen molar-refractivity contribution in [1.82, 2.24) is 4.90 Å². The van der Waals surface area contributed by atoms with Crippen LogP contribution in [0.4, 0.5) is 4.39 Å². The van der Waals surface area contributed by atoms with Gasteiger partial charge in [-0.05, 0) is 13.0 Å². The van der Waals surface area contributed by atoms with Gasteiger partial charge in [-0.2, -0.15) is 0 Å². The van der Waals surface area contributed by atoms with Crippen molar-refractivity contribution in [1.29, 1.82) is 0 Å². The van der Waals surface area contributed by atoms with Crippen LogP contribution in [0.25, 0.3) is 0 Å². The van der Waals surface area contributed by atoms with Crippen LogP contribution in [0.15, 0.2) is 18.2 Å². The van der Waals surface area contributed by atoms with Crippen molar-refractivity contribution in [2.24, 2.45) is 5.92 Å². The number of carbonyl (C=O) groups excluding carboxylic acids is 1. The Labute approximate surface area is 104 Å². The topological polar surface area (TPSA) is 57.6 Å². The van der Waals surface area contributed by atoms with Crippen LogP contribution < -0.4 is 0 Å². The Bertz CT molecular complexity index is 515. The maximum atomic E-state index is 13.8. The molecule has 1 amide bonds. The lowest BCUT2D eigenvalue weighted by Gasteiger charge is -2.24. The summed E-state index contributed by atoms with van der Waals surface area (Å²) in [5, 5.41) is 9.14. The zero-order valence-corrected chi connectivity index (χ0v) is 10.2. The number of benzene rings is 1. The highest BCUT2D eigenvalue weighted by Crippen LogP contribution is 2.38. The average Bonchev–Trinajstić information content (AvgIpc) is 2.60. The molecule has 1 aliphatic heterocycles. The fraction of sp³-hybridized carbons (Fsp3) is 0.385. The van der Waals surface area contributed by atoms with Crippen LogP contribution in [0.3, 0.4) is 0 Å². The molecular weight excluding hydrogens is 237 g/mol. The molecule has 1 aromatic rings. The van der Waals surface area contributed by atoms with Crippen LogP contribution in [0.2, 0.25) is 0 Å². The van der Waals surface area contributed by atoms with E-state index in [2.05, 4.69) is 0 Å². The first kappa shape index (κ1) is 12.5. The van der Waals surface area contributed by atoms with Gasteiger partial charge in [0, 0.05) is 19.0 Å². The summed E-state index contributed by atoms with van der Waals surface area (Å²) in [6.45, 7) is 1.80. The Balaban J connectivity index is 2.49. The highest BCUT2D eigenvalue weighted by Gasteiger charge is 2.43. The van der Waals surface area contributed by atoms with Crippen molar-refractivity contribution in [3.63, 3.8) is 0 Å². The van der Waals surface area contributed by atoms with E-state index in [0.29, 0.717) is 0 Å². The first-order valence-electron chi connectivity index (χ1n) is 5.66. The second kappa shape index (κ2) is 4.40. The van der Waals surface area contributed by atoms with E-state index < -0.39 is 23.7 Å². The Hall–Kier alpha value is -1.91. The number of halogens is 1. The minimum atomic E-state index is -1.07. The van der Waals surface area contributed by atoms with Gasteiger partial charge in [0.25, 0.3) is 0 Å². The first-order chi connectivity index (χ1) is 8.41. The van der Waals surface area contributed by atoms with E-state index in [1.165, 1.54) is 18.0 Å². The highest BCUT2D eigenvalue weighted by molar-refractivity contribution is 5.87. The number of carboxylic acid groups (broad SMARTS) is 1. The summed E-state index contributed by atoms with van der Waals surface area (Å²) >= 11 is 0. The van der Waals surface area contributed by atoms with E-state index in [-0.39, 0.29) is 17.9 Å². The van der Waals surface area contributed by atoms with Gasteiger partial charge in [0.05, 0.1) is 12.0 Å². The molecule has 0 saturated carbocycles. The van der Waals surface area contributed by atoms with Crippen LogP contribution in [0, 0.1) is 18.7 Å². The average molecular weight is 251 g/mol. The molecule has 0 spiro atoms. The predicted octanol–water partition coefficient (Wildman–Crippen LogP) is 1.74. The number of likely N-dealkylation sites (tertiary alicyclic amines) is 1. The molecule has 0 bridgehead atoms. The molecule has 2 unspecified atom stereocenters. The summed E-state index contributed by atoms with van der Waals surface area (Å²) in [6, 6.07) is 3.80. The van der Waals surface area contributed by atoms with Gasteiger partial charge < -0.3 is 10.0 Å². The van der Waals surface area contributed by atoms with Gasteiger partial charge in [0.1, 0.15) is 5.82 Å². The lowest BCUT2D eigenvalue weighted by molar-refractivity contribution is -0.142. The monoisotopic (exact) mass is 251 g/mol. The number of carboxylic acids is 1. The SMILES string of the molecule is Cc1ccc(F)c(C2C(C(=O)O)CC(=O)N2C)c1. The zero-order valence-electron chi connectivity index (χ0n) is 10.2. The van der Waals surface area contributed by atoms with Crippen molar-refractivity contribution in [3.8, 4) is 0 Å². The third kappa shape index (κ3) is 1.96. The molecule has 1 fully saturated rings. The molecule has 2 atom stereocenters. The Morgan fingerprint density at radius 3 is 2.78 bits per heavy atom. The fourth-order valence-electron chi connectivity index (χ4n) is 2.41. The van der Waals surface area contributed by atoms with Gasteiger partial charge in [-0.15, -0.1) is 0 Å². The van der Waals surface area contributed by atoms with Gasteiger partial charge in [-0.1, -0.05) is 17.7 Å². The second-order valence-corrected chi connectivity index (χ2v) is 4.62. The standard InChI is InChI=1S/C13H14FNO3/c1-7-3-4-10(14)8(5-7)12-9(13(17)18)6-11(16)15(12)2/h3-5,9,12H,6H2,1-2H3,(H,17,18). The van der Waals surface area contributed by atoms with Gasteiger partial charge >= 0.3 is 5.97 Å². The van der Waals surface area contributed by atoms with E-state index in [1.54, 1.807) is 19.1 Å². The van der Waals surface area contributed by atoms with Crippen LogP contribution in [0.5, 0.6) is 0 Å². The lowest BCUT2D eigenvalue weighted by atomic mass is 9.92. The lowest BCUT2D eigenvalue weighted by Crippen LogP contribution is -2.27. The molecule has 18 heavy (non-hydrogen) atoms. The molecule has 5 heteroatoms. The number of nitrogens with zero attached hydrogens (tertiary/aromatic N) is 1. The minimum absolute atomic E-state index is 0.0795. The van der Waals surface area contributed by atoms with Crippen molar-refractivity contribution in [3.05, 3.63) is 35.1 Å². The van der Waals surface area contributed by atoms with Gasteiger partial charge in [-0.25, -0.2) is 4.39 Å². The molecule has 1 heterocycles. The molecule has 1 aromatic carbocycles. The van der Waals surface area contributed by atoms with E-state index >= 15 is 0 Å². The van der Waals surface area contributed by atoms with Crippen molar-refractivity contribution in [2.75, 3.05) is 7.05 Å². The number of rotatable bonds is 2. The van der Waals surface area contributed by atoms with Crippen LogP contribution in [0.1, 0.15) is 23.6 Å². The Kier molecular flexibility index (Phi) is 3.07. The molecule has 4 nitrogen and oxygen atoms in total. The maximum Gasteiger partial charge on any atom is 0.309 e. The van der Waals surface area contributed by atoms with E-state index in [1.807, 2.05) is 0 Å². The normalized spacial score (nSPS) is 23.5. The summed E-state index contributed by atoms with van der Waals surface area (Å²) in [7, 11) is 1.51. The number of aryl methyl sites for hydroxylation is 1. The summed E-state index contributed by atoms with van der Waals surface area (Å²) in [5.74, 6) is -2.70. The van der Waals surface area contributed by atoms with E-state index in [0.717, 1.165) is 5.56 Å². The highest BCUT2D eigenvalue weighted by atomic mass is 19.1. The van der Waals surface area contributed by atoms with Crippen molar-refractivity contribution >= 4 is 11.9 Å². The molecule has 96 valence electrons. The number of hydrogen-bond donors (Lipinski definition) is 1. The molecule has 0 aromatic heterocycles. The van der Waals surface area contributed by atoms with Gasteiger partial charge in [0.2, 0.25) is 5.91 Å². The van der Waals surface area contributed by atoms with Gasteiger partial charge in [0.15, 0.2) is 0 Å². The number of carbonyl (C=O) groups is 2. The minimum Gasteiger partial charge on any atom is -0.481 e. The van der Waals surface area contributed by atoms with Crippen molar-refractivity contribution < 1.29 is 19.1 Å². The fourth-order valence-corrected chi connectivity index (χ4v) is 2.41. The summed E-state index contributed by atoms with van der Waals surface area (Å²) in [4.78, 5) is 24.1. The molecule has 1 aliphatic rings. The van der Waals surface area contributed by atoms with Crippen LogP contribution >= 0.6 is 0 Å². The first-order valence-corrected chi connectivity index (χ1v) is 5.66. The van der Waals surface area contributed by atoms with E-state index in [4.69, 9.17) is 5.11 Å². The smallest absolute Gasteiger partial charge is 0.309 e. The number of hydrogen-bond acceptors (Lipinski definition) is 2. The molecule has 1 N–H and O–H groups in total. The molecule has 0 radical (unpaired) electrons. The number of aliphatic carboxylic acids is 1. The molecule has 2 rings (SSSR count). The Morgan fingerprint density at radius 2 is 2.17 bits per heavy atom.